The largest absolute Gasteiger partial charge is 0.433 e. The van der Waals surface area contributed by atoms with E-state index < -0.39 is 35.4 Å². The third kappa shape index (κ3) is 3.08. The molecule has 0 amide bonds. The highest BCUT2D eigenvalue weighted by molar-refractivity contribution is 5.98. The minimum Gasteiger partial charge on any atom is -0.433 e. The van der Waals surface area contributed by atoms with Crippen LogP contribution in [0.2, 0.25) is 0 Å². The molecule has 2 N–H and O–H groups in total. The van der Waals surface area contributed by atoms with Crippen molar-refractivity contribution in [3.8, 4) is 5.75 Å². The first-order valence-electron chi connectivity index (χ1n) is 4.59. The number of hydrogen-bond donors (Lipinski definition) is 1. The van der Waals surface area contributed by atoms with Crippen LogP contribution in [0.15, 0.2) is 12.1 Å². The van der Waals surface area contributed by atoms with Gasteiger partial charge in [0.25, 0.3) is 0 Å². The minimum atomic E-state index is -4.95. The molecule has 0 saturated heterocycles. The summed E-state index contributed by atoms with van der Waals surface area (Å²) in [5.74, 6) is -2.07. The van der Waals surface area contributed by atoms with Gasteiger partial charge in [-0.15, -0.1) is 0 Å². The number of ether oxygens (including phenoxy) is 1. The predicted molar refractivity (Wildman–Crippen MR) is 52.5 cm³/mol. The lowest BCUT2D eigenvalue weighted by Gasteiger charge is -2.16. The zero-order valence-corrected chi connectivity index (χ0v) is 9.02. The molecule has 3 nitrogen and oxygen atoms in total. The average molecular weight is 269 g/mol. The first-order valence-corrected chi connectivity index (χ1v) is 4.59. The Morgan fingerprint density at radius 3 is 2.28 bits per heavy atom. The second-order valence-corrected chi connectivity index (χ2v) is 3.38. The molecule has 0 aliphatic heterocycles. The molecule has 0 aliphatic rings. The zero-order chi connectivity index (χ0) is 14.1. The third-order valence-electron chi connectivity index (χ3n) is 2.00. The van der Waals surface area contributed by atoms with Crippen molar-refractivity contribution >= 4 is 11.5 Å². The summed E-state index contributed by atoms with van der Waals surface area (Å²) in [6.45, 7) is -2.56. The predicted octanol–water partition coefficient (Wildman–Crippen LogP) is 3.09. The Labute approximate surface area is 98.3 Å². The maximum atomic E-state index is 12.6. The zero-order valence-electron chi connectivity index (χ0n) is 9.02. The molecule has 0 spiro atoms. The summed E-state index contributed by atoms with van der Waals surface area (Å²) in [4.78, 5) is 11.1. The Kier molecular flexibility index (Phi) is 3.78. The van der Waals surface area contributed by atoms with Gasteiger partial charge in [-0.05, 0) is 19.1 Å². The van der Waals surface area contributed by atoms with Crippen LogP contribution < -0.4 is 10.5 Å². The maximum Gasteiger partial charge on any atom is 0.420 e. The number of hydrogen-bond acceptors (Lipinski definition) is 3. The molecule has 1 aromatic carbocycles. The summed E-state index contributed by atoms with van der Waals surface area (Å²) in [7, 11) is 0. The SMILES string of the molecule is CC(=O)c1cc(N)cc(C(F)(F)F)c1OC(F)F. The molecule has 0 fully saturated rings. The van der Waals surface area contributed by atoms with E-state index in [4.69, 9.17) is 5.73 Å². The summed E-state index contributed by atoms with van der Waals surface area (Å²) in [6, 6.07) is 1.29. The van der Waals surface area contributed by atoms with Gasteiger partial charge in [-0.25, -0.2) is 0 Å². The molecule has 1 aromatic rings. The molecule has 0 radical (unpaired) electrons. The Bertz CT molecular complexity index is 470. The van der Waals surface area contributed by atoms with Gasteiger partial charge in [-0.2, -0.15) is 22.0 Å². The highest BCUT2D eigenvalue weighted by Gasteiger charge is 2.37. The second-order valence-electron chi connectivity index (χ2n) is 3.38. The maximum absolute atomic E-state index is 12.6. The van der Waals surface area contributed by atoms with E-state index in [-0.39, 0.29) is 5.69 Å². The molecule has 0 aromatic heterocycles. The highest BCUT2D eigenvalue weighted by atomic mass is 19.4. The Hall–Kier alpha value is -1.86. The van der Waals surface area contributed by atoms with Crippen molar-refractivity contribution in [2.75, 3.05) is 5.73 Å². The molecule has 18 heavy (non-hydrogen) atoms. The fourth-order valence-electron chi connectivity index (χ4n) is 1.34. The second kappa shape index (κ2) is 4.79. The Morgan fingerprint density at radius 1 is 1.33 bits per heavy atom. The van der Waals surface area contributed by atoms with Crippen molar-refractivity contribution in [2.45, 2.75) is 19.7 Å². The van der Waals surface area contributed by atoms with E-state index in [0.29, 0.717) is 6.07 Å². The van der Waals surface area contributed by atoms with E-state index >= 15 is 0 Å². The van der Waals surface area contributed by atoms with E-state index in [1.165, 1.54) is 0 Å². The van der Waals surface area contributed by atoms with Gasteiger partial charge in [0.05, 0.1) is 5.56 Å². The number of nitrogens with two attached hydrogens (primary N) is 1. The van der Waals surface area contributed by atoms with Gasteiger partial charge in [0, 0.05) is 5.69 Å². The smallest absolute Gasteiger partial charge is 0.420 e. The molecular formula is C10H8F5NO2. The number of anilines is 1. The normalized spacial score (nSPS) is 11.7. The van der Waals surface area contributed by atoms with Gasteiger partial charge >= 0.3 is 12.8 Å². The van der Waals surface area contributed by atoms with Gasteiger partial charge in [0.1, 0.15) is 11.3 Å². The number of rotatable bonds is 3. The van der Waals surface area contributed by atoms with E-state index in [2.05, 4.69) is 4.74 Å². The van der Waals surface area contributed by atoms with Gasteiger partial charge in [0.2, 0.25) is 0 Å². The number of carbonyl (C=O) groups is 1. The number of benzene rings is 1. The number of nitrogen functional groups attached to an aromatic ring is 1. The molecule has 1 rings (SSSR count). The number of alkyl halides is 5. The lowest BCUT2D eigenvalue weighted by atomic mass is 10.0. The standard InChI is InChI=1S/C10H8F5NO2/c1-4(17)6-2-5(16)3-7(10(13,14)15)8(6)18-9(11)12/h2-3,9H,16H2,1H3. The van der Waals surface area contributed by atoms with Gasteiger partial charge in [0.15, 0.2) is 5.78 Å². The van der Waals surface area contributed by atoms with Crippen LogP contribution in [0.3, 0.4) is 0 Å². The van der Waals surface area contributed by atoms with E-state index in [1.54, 1.807) is 0 Å². The van der Waals surface area contributed by atoms with Crippen molar-refractivity contribution < 1.29 is 31.5 Å². The Balaban J connectivity index is 3.53. The lowest BCUT2D eigenvalue weighted by molar-refractivity contribution is -0.141. The molecule has 0 bridgehead atoms. The van der Waals surface area contributed by atoms with Crippen LogP contribution in [-0.2, 0) is 6.18 Å². The van der Waals surface area contributed by atoms with Gasteiger partial charge < -0.3 is 10.5 Å². The molecule has 8 heteroatoms. The molecule has 0 heterocycles. The minimum absolute atomic E-state index is 0.367. The first kappa shape index (κ1) is 14.2. The quantitative estimate of drug-likeness (QED) is 0.521. The van der Waals surface area contributed by atoms with E-state index in [0.717, 1.165) is 13.0 Å². The number of ketones is 1. The van der Waals surface area contributed by atoms with E-state index in [9.17, 15) is 26.7 Å². The van der Waals surface area contributed by atoms with Crippen LogP contribution in [0.5, 0.6) is 5.75 Å². The van der Waals surface area contributed by atoms with Crippen LogP contribution in [0, 0.1) is 0 Å². The molecule has 0 saturated carbocycles. The molecule has 0 aliphatic carbocycles. The van der Waals surface area contributed by atoms with Crippen LogP contribution in [0.1, 0.15) is 22.8 Å². The van der Waals surface area contributed by atoms with Gasteiger partial charge in [-0.1, -0.05) is 0 Å². The average Bonchev–Trinajstić information content (AvgIpc) is 2.17. The van der Waals surface area contributed by atoms with Crippen LogP contribution in [0.4, 0.5) is 27.6 Å². The van der Waals surface area contributed by atoms with Crippen molar-refractivity contribution in [2.24, 2.45) is 0 Å². The summed E-state index contributed by atoms with van der Waals surface area (Å²) in [5, 5.41) is 0. The van der Waals surface area contributed by atoms with Gasteiger partial charge in [-0.3, -0.25) is 4.79 Å². The third-order valence-corrected chi connectivity index (χ3v) is 2.00. The lowest BCUT2D eigenvalue weighted by Crippen LogP contribution is -2.15. The summed E-state index contributed by atoms with van der Waals surface area (Å²) < 4.78 is 65.9. The summed E-state index contributed by atoms with van der Waals surface area (Å²) >= 11 is 0. The first-order chi connectivity index (χ1) is 8.12. The monoisotopic (exact) mass is 269 g/mol. The summed E-state index contributed by atoms with van der Waals surface area (Å²) in [5.41, 5.74) is 2.69. The topological polar surface area (TPSA) is 52.3 Å². The molecule has 0 unspecified atom stereocenters. The highest BCUT2D eigenvalue weighted by Crippen LogP contribution is 2.40. The molecule has 100 valence electrons. The summed E-state index contributed by atoms with van der Waals surface area (Å²) in [6.07, 6.45) is -4.95. The Morgan fingerprint density at radius 2 is 1.89 bits per heavy atom. The van der Waals surface area contributed by atoms with Crippen LogP contribution in [-0.4, -0.2) is 12.4 Å². The van der Waals surface area contributed by atoms with Crippen molar-refractivity contribution in [1.82, 2.24) is 0 Å². The van der Waals surface area contributed by atoms with Crippen molar-refractivity contribution in [3.63, 3.8) is 0 Å². The number of Topliss-reactive ketones (excluding diaryl/α,β-unsaturated/α-hetero) is 1. The van der Waals surface area contributed by atoms with Crippen molar-refractivity contribution in [1.29, 1.82) is 0 Å². The fraction of sp³-hybridized carbons (Fsp3) is 0.300. The van der Waals surface area contributed by atoms with Crippen LogP contribution in [0.25, 0.3) is 0 Å². The number of halogens is 5. The van der Waals surface area contributed by atoms with E-state index in [1.807, 2.05) is 0 Å². The van der Waals surface area contributed by atoms with Crippen molar-refractivity contribution in [3.05, 3.63) is 23.3 Å². The molecular weight excluding hydrogens is 261 g/mol. The molecule has 0 atom stereocenters. The fourth-order valence-corrected chi connectivity index (χ4v) is 1.34. The number of carbonyl (C=O) groups excluding carboxylic acids is 1. The van der Waals surface area contributed by atoms with Crippen LogP contribution >= 0.6 is 0 Å².